The molecule has 0 aliphatic rings. The van der Waals surface area contributed by atoms with Gasteiger partial charge in [-0.25, -0.2) is 18.1 Å². The number of thiazole rings is 1. The van der Waals surface area contributed by atoms with Crippen LogP contribution in [0.25, 0.3) is 0 Å². The summed E-state index contributed by atoms with van der Waals surface area (Å²) in [4.78, 5) is 4.46. The number of hydrogen-bond acceptors (Lipinski definition) is 5. The van der Waals surface area contributed by atoms with Crippen LogP contribution < -0.4 is 10.0 Å². The number of hydrogen-bond donors (Lipinski definition) is 2. The van der Waals surface area contributed by atoms with E-state index in [1.54, 1.807) is 26.1 Å². The van der Waals surface area contributed by atoms with Gasteiger partial charge in [0.05, 0.1) is 10.9 Å². The first-order chi connectivity index (χ1) is 9.94. The molecule has 1 aromatic carbocycles. The van der Waals surface area contributed by atoms with Gasteiger partial charge in [-0.15, -0.1) is 11.3 Å². The van der Waals surface area contributed by atoms with Crippen molar-refractivity contribution in [2.24, 2.45) is 0 Å². The van der Waals surface area contributed by atoms with E-state index in [9.17, 15) is 8.42 Å². The molecule has 1 atom stereocenters. The van der Waals surface area contributed by atoms with Crippen LogP contribution in [0.3, 0.4) is 0 Å². The summed E-state index contributed by atoms with van der Waals surface area (Å²) in [7, 11) is -1.74. The Balaban J connectivity index is 2.28. The Morgan fingerprint density at radius 1 is 1.38 bits per heavy atom. The molecule has 0 spiro atoms. The van der Waals surface area contributed by atoms with Gasteiger partial charge in [0.25, 0.3) is 0 Å². The lowest BCUT2D eigenvalue weighted by Crippen LogP contribution is -2.27. The molecule has 0 radical (unpaired) electrons. The average molecular weight is 325 g/mol. The van der Waals surface area contributed by atoms with E-state index in [1.807, 2.05) is 24.6 Å². The van der Waals surface area contributed by atoms with Crippen LogP contribution in [0.15, 0.2) is 34.7 Å². The third-order valence-electron chi connectivity index (χ3n) is 3.08. The molecule has 21 heavy (non-hydrogen) atoms. The number of benzene rings is 1. The Bertz CT molecular complexity index is 697. The first kappa shape index (κ1) is 16.1. The molecule has 2 aromatic rings. The Kier molecular flexibility index (Phi) is 5.10. The molecule has 7 heteroatoms. The van der Waals surface area contributed by atoms with Crippen LogP contribution in [0.1, 0.15) is 29.1 Å². The fourth-order valence-corrected chi connectivity index (χ4v) is 4.27. The summed E-state index contributed by atoms with van der Waals surface area (Å²) in [5.74, 6) is 0. The van der Waals surface area contributed by atoms with E-state index in [0.29, 0.717) is 11.4 Å². The summed E-state index contributed by atoms with van der Waals surface area (Å²) in [5, 5.41) is 5.61. The monoisotopic (exact) mass is 325 g/mol. The van der Waals surface area contributed by atoms with Crippen molar-refractivity contribution in [3.63, 3.8) is 0 Å². The molecule has 1 aromatic heterocycles. The van der Waals surface area contributed by atoms with E-state index >= 15 is 0 Å². The summed E-state index contributed by atoms with van der Waals surface area (Å²) in [6.45, 7) is 4.22. The van der Waals surface area contributed by atoms with E-state index in [-0.39, 0.29) is 6.04 Å². The topological polar surface area (TPSA) is 71.1 Å². The standard InChI is InChI=1S/C14H19N3O2S2/c1-10-4-5-12(9-15-3)8-13(10)21(18,19)17-11(2)14-16-6-7-20-14/h4-8,11,15,17H,9H2,1-3H3. The largest absolute Gasteiger partial charge is 0.316 e. The van der Waals surface area contributed by atoms with Gasteiger partial charge in [0.15, 0.2) is 0 Å². The van der Waals surface area contributed by atoms with Crippen molar-refractivity contribution in [3.05, 3.63) is 45.9 Å². The summed E-state index contributed by atoms with van der Waals surface area (Å²) in [5.41, 5.74) is 1.67. The van der Waals surface area contributed by atoms with Crippen LogP contribution in [0.5, 0.6) is 0 Å². The molecular weight excluding hydrogens is 306 g/mol. The maximum atomic E-state index is 12.6. The highest BCUT2D eigenvalue weighted by Crippen LogP contribution is 2.21. The van der Waals surface area contributed by atoms with Crippen molar-refractivity contribution in [2.45, 2.75) is 31.3 Å². The van der Waals surface area contributed by atoms with Gasteiger partial charge in [0, 0.05) is 18.1 Å². The minimum Gasteiger partial charge on any atom is -0.316 e. The van der Waals surface area contributed by atoms with Crippen LogP contribution in [-0.4, -0.2) is 20.4 Å². The number of nitrogens with zero attached hydrogens (tertiary/aromatic N) is 1. The fraction of sp³-hybridized carbons (Fsp3) is 0.357. The highest BCUT2D eigenvalue weighted by atomic mass is 32.2. The molecule has 0 amide bonds. The number of aryl methyl sites for hydroxylation is 1. The first-order valence-electron chi connectivity index (χ1n) is 6.60. The lowest BCUT2D eigenvalue weighted by molar-refractivity contribution is 0.565. The van der Waals surface area contributed by atoms with Gasteiger partial charge in [-0.05, 0) is 38.1 Å². The maximum Gasteiger partial charge on any atom is 0.241 e. The van der Waals surface area contributed by atoms with Crippen LogP contribution >= 0.6 is 11.3 Å². The predicted molar refractivity (Wildman–Crippen MR) is 84.8 cm³/mol. The molecule has 0 aliphatic heterocycles. The van der Waals surface area contributed by atoms with E-state index < -0.39 is 10.0 Å². The summed E-state index contributed by atoms with van der Waals surface area (Å²) in [6, 6.07) is 5.12. The normalized spacial score (nSPS) is 13.3. The maximum absolute atomic E-state index is 12.6. The van der Waals surface area contributed by atoms with Gasteiger partial charge in [0.2, 0.25) is 10.0 Å². The molecule has 2 N–H and O–H groups in total. The SMILES string of the molecule is CNCc1ccc(C)c(S(=O)(=O)NC(C)c2nccs2)c1. The molecule has 0 bridgehead atoms. The molecule has 0 aliphatic carbocycles. The summed E-state index contributed by atoms with van der Waals surface area (Å²) < 4.78 is 27.8. The second kappa shape index (κ2) is 6.65. The smallest absolute Gasteiger partial charge is 0.241 e. The van der Waals surface area contributed by atoms with Crippen molar-refractivity contribution in [1.82, 2.24) is 15.0 Å². The molecule has 0 fully saturated rings. The average Bonchev–Trinajstić information content (AvgIpc) is 2.94. The van der Waals surface area contributed by atoms with Crippen molar-refractivity contribution in [3.8, 4) is 0 Å². The van der Waals surface area contributed by atoms with Gasteiger partial charge in [-0.2, -0.15) is 0 Å². The minimum absolute atomic E-state index is 0.318. The van der Waals surface area contributed by atoms with Crippen molar-refractivity contribution >= 4 is 21.4 Å². The number of nitrogens with one attached hydrogen (secondary N) is 2. The molecule has 0 saturated heterocycles. The third-order valence-corrected chi connectivity index (χ3v) is 5.72. The van der Waals surface area contributed by atoms with E-state index in [2.05, 4.69) is 15.0 Å². The van der Waals surface area contributed by atoms with Gasteiger partial charge < -0.3 is 5.32 Å². The van der Waals surface area contributed by atoms with Crippen LogP contribution in [0.2, 0.25) is 0 Å². The molecule has 114 valence electrons. The second-order valence-corrected chi connectivity index (χ2v) is 7.45. The molecule has 2 rings (SSSR count). The highest BCUT2D eigenvalue weighted by Gasteiger charge is 2.21. The van der Waals surface area contributed by atoms with E-state index in [1.165, 1.54) is 11.3 Å². The summed E-state index contributed by atoms with van der Waals surface area (Å²) >= 11 is 1.43. The van der Waals surface area contributed by atoms with Crippen molar-refractivity contribution in [2.75, 3.05) is 7.05 Å². The molecule has 1 unspecified atom stereocenters. The summed E-state index contributed by atoms with van der Waals surface area (Å²) in [6.07, 6.45) is 1.67. The van der Waals surface area contributed by atoms with Gasteiger partial charge in [-0.1, -0.05) is 12.1 Å². The van der Waals surface area contributed by atoms with Gasteiger partial charge >= 0.3 is 0 Å². The zero-order valence-corrected chi connectivity index (χ0v) is 13.9. The molecule has 5 nitrogen and oxygen atoms in total. The Labute approximate surface area is 129 Å². The zero-order chi connectivity index (χ0) is 15.5. The van der Waals surface area contributed by atoms with Gasteiger partial charge in [0.1, 0.15) is 5.01 Å². The highest BCUT2D eigenvalue weighted by molar-refractivity contribution is 7.89. The Morgan fingerprint density at radius 3 is 2.76 bits per heavy atom. The number of rotatable bonds is 6. The van der Waals surface area contributed by atoms with Crippen LogP contribution in [-0.2, 0) is 16.6 Å². The van der Waals surface area contributed by atoms with E-state index in [4.69, 9.17) is 0 Å². The number of sulfonamides is 1. The first-order valence-corrected chi connectivity index (χ1v) is 8.96. The van der Waals surface area contributed by atoms with Crippen molar-refractivity contribution < 1.29 is 8.42 Å². The predicted octanol–water partition coefficient (Wildman–Crippen LogP) is 2.21. The second-order valence-electron chi connectivity index (χ2n) is 4.84. The van der Waals surface area contributed by atoms with Crippen LogP contribution in [0, 0.1) is 6.92 Å². The lowest BCUT2D eigenvalue weighted by atomic mass is 10.1. The fourth-order valence-electron chi connectivity index (χ4n) is 2.04. The third kappa shape index (κ3) is 3.88. The number of aromatic nitrogens is 1. The minimum atomic E-state index is -3.57. The molecular formula is C14H19N3O2S2. The molecule has 1 heterocycles. The lowest BCUT2D eigenvalue weighted by Gasteiger charge is -2.14. The van der Waals surface area contributed by atoms with Gasteiger partial charge in [-0.3, -0.25) is 0 Å². The molecule has 0 saturated carbocycles. The zero-order valence-electron chi connectivity index (χ0n) is 12.3. The van der Waals surface area contributed by atoms with E-state index in [0.717, 1.165) is 16.1 Å². The van der Waals surface area contributed by atoms with Crippen LogP contribution in [0.4, 0.5) is 0 Å². The Hall–Kier alpha value is -1.28. The van der Waals surface area contributed by atoms with Crippen molar-refractivity contribution in [1.29, 1.82) is 0 Å². The Morgan fingerprint density at radius 2 is 2.14 bits per heavy atom. The quantitative estimate of drug-likeness (QED) is 0.854.